The first-order valence-corrected chi connectivity index (χ1v) is 6.39. The van der Waals surface area contributed by atoms with E-state index in [4.69, 9.17) is 0 Å². The van der Waals surface area contributed by atoms with Gasteiger partial charge in [-0.25, -0.2) is 9.97 Å². The topological polar surface area (TPSA) is 57.4 Å². The molecule has 2 N–H and O–H groups in total. The summed E-state index contributed by atoms with van der Waals surface area (Å²) in [7, 11) is 0. The standard InChI is InChI=1S/C14H22N4/c1-13(2,11-7-15-9-17-11)5-6-14(3,4)12-8-16-10-18-12/h7-10H,5-6H2,1-4H3,(H,15,17)(H,16,18). The van der Waals surface area contributed by atoms with Gasteiger partial charge in [-0.15, -0.1) is 0 Å². The Labute approximate surface area is 108 Å². The van der Waals surface area contributed by atoms with Gasteiger partial charge < -0.3 is 9.97 Å². The van der Waals surface area contributed by atoms with Crippen molar-refractivity contribution >= 4 is 0 Å². The van der Waals surface area contributed by atoms with Gasteiger partial charge in [0, 0.05) is 34.6 Å². The first-order valence-electron chi connectivity index (χ1n) is 6.39. The Kier molecular flexibility index (Phi) is 3.28. The summed E-state index contributed by atoms with van der Waals surface area (Å²) in [5.41, 5.74) is 2.63. The van der Waals surface area contributed by atoms with E-state index in [1.807, 2.05) is 12.4 Å². The van der Waals surface area contributed by atoms with Crippen LogP contribution in [0.25, 0.3) is 0 Å². The number of nitrogens with one attached hydrogen (secondary N) is 2. The lowest BCUT2D eigenvalue weighted by molar-refractivity contribution is 0.365. The predicted molar refractivity (Wildman–Crippen MR) is 72.5 cm³/mol. The summed E-state index contributed by atoms with van der Waals surface area (Å²) >= 11 is 0. The van der Waals surface area contributed by atoms with E-state index in [0.717, 1.165) is 12.8 Å². The minimum atomic E-state index is 0.119. The Morgan fingerprint density at radius 3 is 1.50 bits per heavy atom. The lowest BCUT2D eigenvalue weighted by Gasteiger charge is -2.29. The Balaban J connectivity index is 2.03. The molecule has 2 aromatic heterocycles. The van der Waals surface area contributed by atoms with Crippen molar-refractivity contribution in [3.05, 3.63) is 36.4 Å². The van der Waals surface area contributed by atoms with Crippen molar-refractivity contribution in [3.8, 4) is 0 Å². The normalized spacial score (nSPS) is 12.9. The molecule has 0 saturated carbocycles. The Morgan fingerprint density at radius 2 is 1.22 bits per heavy atom. The van der Waals surface area contributed by atoms with Gasteiger partial charge in [-0.05, 0) is 12.8 Å². The summed E-state index contributed by atoms with van der Waals surface area (Å²) in [6, 6.07) is 0. The summed E-state index contributed by atoms with van der Waals surface area (Å²) in [6.07, 6.45) is 9.53. The Bertz CT molecular complexity index is 420. The Morgan fingerprint density at radius 1 is 0.833 bits per heavy atom. The fraction of sp³-hybridized carbons (Fsp3) is 0.571. The van der Waals surface area contributed by atoms with Gasteiger partial charge in [0.25, 0.3) is 0 Å². The Hall–Kier alpha value is -1.58. The largest absolute Gasteiger partial charge is 0.348 e. The third-order valence-corrected chi connectivity index (χ3v) is 3.83. The van der Waals surface area contributed by atoms with Crippen LogP contribution in [0.5, 0.6) is 0 Å². The molecule has 2 rings (SSSR count). The number of rotatable bonds is 5. The minimum absolute atomic E-state index is 0.119. The van der Waals surface area contributed by atoms with Gasteiger partial charge >= 0.3 is 0 Å². The minimum Gasteiger partial charge on any atom is -0.348 e. The maximum atomic E-state index is 4.11. The van der Waals surface area contributed by atoms with Crippen LogP contribution in [0.2, 0.25) is 0 Å². The van der Waals surface area contributed by atoms with Gasteiger partial charge in [0.1, 0.15) is 0 Å². The fourth-order valence-electron chi connectivity index (χ4n) is 2.15. The molecule has 2 heterocycles. The molecule has 18 heavy (non-hydrogen) atoms. The second-order valence-corrected chi connectivity index (χ2v) is 6.20. The van der Waals surface area contributed by atoms with Crippen molar-refractivity contribution < 1.29 is 0 Å². The molecule has 4 heteroatoms. The zero-order valence-corrected chi connectivity index (χ0v) is 11.6. The third-order valence-electron chi connectivity index (χ3n) is 3.83. The molecular formula is C14H22N4. The van der Waals surface area contributed by atoms with E-state index >= 15 is 0 Å². The molecule has 4 nitrogen and oxygen atoms in total. The van der Waals surface area contributed by atoms with Gasteiger partial charge in [0.15, 0.2) is 0 Å². The highest BCUT2D eigenvalue weighted by atomic mass is 14.9. The smallest absolute Gasteiger partial charge is 0.0921 e. The summed E-state index contributed by atoms with van der Waals surface area (Å²) in [5.74, 6) is 0. The maximum Gasteiger partial charge on any atom is 0.0921 e. The molecule has 0 radical (unpaired) electrons. The van der Waals surface area contributed by atoms with E-state index in [2.05, 4.69) is 47.6 Å². The molecule has 2 aromatic rings. The number of H-pyrrole nitrogens is 2. The molecule has 0 aliphatic rings. The summed E-state index contributed by atoms with van der Waals surface area (Å²) in [5, 5.41) is 0. The lowest BCUT2D eigenvalue weighted by atomic mass is 9.76. The molecule has 0 aliphatic carbocycles. The molecule has 0 spiro atoms. The van der Waals surface area contributed by atoms with Crippen LogP contribution in [-0.2, 0) is 10.8 Å². The molecule has 0 aliphatic heterocycles. The molecular weight excluding hydrogens is 224 g/mol. The van der Waals surface area contributed by atoms with Crippen LogP contribution in [0.4, 0.5) is 0 Å². The van der Waals surface area contributed by atoms with Crippen LogP contribution in [-0.4, -0.2) is 19.9 Å². The van der Waals surface area contributed by atoms with E-state index in [0.29, 0.717) is 0 Å². The van der Waals surface area contributed by atoms with Crippen molar-refractivity contribution in [2.24, 2.45) is 0 Å². The van der Waals surface area contributed by atoms with E-state index in [-0.39, 0.29) is 10.8 Å². The molecule has 0 atom stereocenters. The zero-order chi connectivity index (χ0) is 13.2. The number of nitrogens with zero attached hydrogens (tertiary/aromatic N) is 2. The second-order valence-electron chi connectivity index (χ2n) is 6.20. The molecule has 0 saturated heterocycles. The van der Waals surface area contributed by atoms with Crippen molar-refractivity contribution in [1.29, 1.82) is 0 Å². The van der Waals surface area contributed by atoms with Crippen molar-refractivity contribution in [2.75, 3.05) is 0 Å². The van der Waals surface area contributed by atoms with Gasteiger partial charge in [-0.3, -0.25) is 0 Å². The number of hydrogen-bond donors (Lipinski definition) is 2. The van der Waals surface area contributed by atoms with Gasteiger partial charge in [-0.2, -0.15) is 0 Å². The van der Waals surface area contributed by atoms with Crippen LogP contribution in [0.3, 0.4) is 0 Å². The summed E-state index contributed by atoms with van der Waals surface area (Å²) in [6.45, 7) is 9.01. The van der Waals surface area contributed by atoms with Gasteiger partial charge in [0.05, 0.1) is 12.7 Å². The summed E-state index contributed by atoms with van der Waals surface area (Å²) in [4.78, 5) is 14.7. The average molecular weight is 246 g/mol. The predicted octanol–water partition coefficient (Wildman–Crippen LogP) is 3.17. The van der Waals surface area contributed by atoms with Crippen LogP contribution in [0, 0.1) is 0 Å². The summed E-state index contributed by atoms with van der Waals surface area (Å²) < 4.78 is 0. The first kappa shape index (κ1) is 12.9. The van der Waals surface area contributed by atoms with Crippen LogP contribution in [0.1, 0.15) is 51.9 Å². The van der Waals surface area contributed by atoms with Crippen LogP contribution in [0.15, 0.2) is 25.0 Å². The molecule has 0 unspecified atom stereocenters. The van der Waals surface area contributed by atoms with E-state index in [1.165, 1.54) is 11.4 Å². The highest BCUT2D eigenvalue weighted by Crippen LogP contribution is 2.34. The molecule has 0 bridgehead atoms. The van der Waals surface area contributed by atoms with Gasteiger partial charge in [-0.1, -0.05) is 27.7 Å². The maximum absolute atomic E-state index is 4.11. The van der Waals surface area contributed by atoms with Crippen LogP contribution >= 0.6 is 0 Å². The first-order chi connectivity index (χ1) is 8.42. The van der Waals surface area contributed by atoms with Crippen molar-refractivity contribution in [1.82, 2.24) is 19.9 Å². The number of aromatic nitrogens is 4. The van der Waals surface area contributed by atoms with E-state index < -0.39 is 0 Å². The third kappa shape index (κ3) is 2.63. The van der Waals surface area contributed by atoms with Crippen molar-refractivity contribution in [2.45, 2.75) is 51.4 Å². The zero-order valence-electron chi connectivity index (χ0n) is 11.6. The fourth-order valence-corrected chi connectivity index (χ4v) is 2.15. The number of imidazole rings is 2. The van der Waals surface area contributed by atoms with E-state index in [9.17, 15) is 0 Å². The monoisotopic (exact) mass is 246 g/mol. The highest BCUT2D eigenvalue weighted by Gasteiger charge is 2.28. The number of aromatic amines is 2. The van der Waals surface area contributed by atoms with Crippen molar-refractivity contribution in [3.63, 3.8) is 0 Å². The van der Waals surface area contributed by atoms with Gasteiger partial charge in [0.2, 0.25) is 0 Å². The second kappa shape index (κ2) is 4.59. The molecule has 98 valence electrons. The highest BCUT2D eigenvalue weighted by molar-refractivity contribution is 5.13. The molecule has 0 amide bonds. The molecule has 0 aromatic carbocycles. The van der Waals surface area contributed by atoms with E-state index in [1.54, 1.807) is 12.7 Å². The quantitative estimate of drug-likeness (QED) is 0.851. The lowest BCUT2D eigenvalue weighted by Crippen LogP contribution is -2.24. The molecule has 0 fully saturated rings. The average Bonchev–Trinajstić information content (AvgIpc) is 2.99. The van der Waals surface area contributed by atoms with Crippen LogP contribution < -0.4 is 0 Å². The number of hydrogen-bond acceptors (Lipinski definition) is 2. The SMILES string of the molecule is CC(C)(CCC(C)(C)c1cnc[nH]1)c1cnc[nH]1.